The van der Waals surface area contributed by atoms with E-state index in [4.69, 9.17) is 4.52 Å². The van der Waals surface area contributed by atoms with Crippen molar-refractivity contribution in [3.63, 3.8) is 0 Å². The second-order valence-corrected chi connectivity index (χ2v) is 6.99. The molecule has 1 unspecified atom stereocenters. The van der Waals surface area contributed by atoms with Crippen LogP contribution in [-0.2, 0) is 16.9 Å². The van der Waals surface area contributed by atoms with Crippen molar-refractivity contribution in [1.82, 2.24) is 15.4 Å². The minimum absolute atomic E-state index is 0.165. The van der Waals surface area contributed by atoms with Gasteiger partial charge in [-0.05, 0) is 31.7 Å². The van der Waals surface area contributed by atoms with Crippen LogP contribution in [0, 0.1) is 19.8 Å². The molecule has 0 saturated carbocycles. The number of amides is 3. The Morgan fingerprint density at radius 1 is 1.20 bits per heavy atom. The first-order chi connectivity index (χ1) is 11.8. The van der Waals surface area contributed by atoms with Gasteiger partial charge in [-0.15, -0.1) is 0 Å². The molecular weight excluding hydrogens is 318 g/mol. The van der Waals surface area contributed by atoms with E-state index in [0.29, 0.717) is 17.9 Å². The van der Waals surface area contributed by atoms with Crippen molar-refractivity contribution in [2.75, 3.05) is 0 Å². The van der Waals surface area contributed by atoms with Gasteiger partial charge in [-0.1, -0.05) is 49.3 Å². The predicted octanol–water partition coefficient (Wildman–Crippen LogP) is 3.28. The van der Waals surface area contributed by atoms with Crippen molar-refractivity contribution in [2.45, 2.75) is 46.2 Å². The van der Waals surface area contributed by atoms with E-state index in [9.17, 15) is 9.59 Å². The number of nitrogens with one attached hydrogen (secondary N) is 1. The molecule has 1 aliphatic heterocycles. The van der Waals surface area contributed by atoms with E-state index in [1.54, 1.807) is 6.92 Å². The highest BCUT2D eigenvalue weighted by molar-refractivity contribution is 6.07. The van der Waals surface area contributed by atoms with Crippen molar-refractivity contribution in [2.24, 2.45) is 5.92 Å². The molecule has 1 atom stereocenters. The fourth-order valence-electron chi connectivity index (χ4n) is 3.44. The minimum Gasteiger partial charge on any atom is -0.361 e. The third-order valence-electron chi connectivity index (χ3n) is 4.65. The van der Waals surface area contributed by atoms with Crippen LogP contribution in [0.1, 0.15) is 42.8 Å². The van der Waals surface area contributed by atoms with Crippen LogP contribution in [0.2, 0.25) is 0 Å². The summed E-state index contributed by atoms with van der Waals surface area (Å²) in [4.78, 5) is 27.2. The van der Waals surface area contributed by atoms with Gasteiger partial charge in [0.1, 0.15) is 11.3 Å². The summed E-state index contributed by atoms with van der Waals surface area (Å²) >= 11 is 0. The van der Waals surface area contributed by atoms with Gasteiger partial charge in [0.25, 0.3) is 5.91 Å². The Balaban J connectivity index is 1.99. The van der Waals surface area contributed by atoms with Crippen molar-refractivity contribution in [3.05, 3.63) is 52.9 Å². The lowest BCUT2D eigenvalue weighted by atomic mass is 9.82. The lowest BCUT2D eigenvalue weighted by Gasteiger charge is -2.29. The van der Waals surface area contributed by atoms with E-state index in [1.165, 1.54) is 4.90 Å². The van der Waals surface area contributed by atoms with E-state index in [-0.39, 0.29) is 24.4 Å². The maximum atomic E-state index is 13.3. The summed E-state index contributed by atoms with van der Waals surface area (Å²) in [7, 11) is 0. The Bertz CT molecular complexity index is 778. The molecule has 6 nitrogen and oxygen atoms in total. The second kappa shape index (κ2) is 6.35. The first-order valence-electron chi connectivity index (χ1n) is 8.46. The van der Waals surface area contributed by atoms with Crippen LogP contribution in [-0.4, -0.2) is 22.0 Å². The van der Waals surface area contributed by atoms with Crippen molar-refractivity contribution >= 4 is 11.9 Å². The molecule has 0 radical (unpaired) electrons. The molecule has 3 amide bonds. The molecule has 0 bridgehead atoms. The number of nitrogens with zero attached hydrogens (tertiary/aromatic N) is 2. The van der Waals surface area contributed by atoms with Gasteiger partial charge in [-0.3, -0.25) is 9.69 Å². The normalized spacial score (nSPS) is 20.4. The highest BCUT2D eigenvalue weighted by atomic mass is 16.5. The van der Waals surface area contributed by atoms with Gasteiger partial charge in [0.15, 0.2) is 0 Å². The summed E-state index contributed by atoms with van der Waals surface area (Å²) in [6.07, 6.45) is 0.541. The van der Waals surface area contributed by atoms with Crippen molar-refractivity contribution < 1.29 is 14.1 Å². The lowest BCUT2D eigenvalue weighted by molar-refractivity contribution is -0.132. The number of carbonyl (C=O) groups is 2. The van der Waals surface area contributed by atoms with Crippen molar-refractivity contribution in [1.29, 1.82) is 0 Å². The molecule has 1 aliphatic rings. The smallest absolute Gasteiger partial charge is 0.325 e. The van der Waals surface area contributed by atoms with Gasteiger partial charge >= 0.3 is 6.03 Å². The Morgan fingerprint density at radius 2 is 1.88 bits per heavy atom. The third kappa shape index (κ3) is 2.92. The Hall–Kier alpha value is -2.63. The summed E-state index contributed by atoms with van der Waals surface area (Å²) in [5.74, 6) is 0.639. The van der Waals surface area contributed by atoms with Crippen LogP contribution < -0.4 is 5.32 Å². The molecule has 1 saturated heterocycles. The minimum atomic E-state index is -1.02. The summed E-state index contributed by atoms with van der Waals surface area (Å²) in [5, 5.41) is 6.86. The maximum Gasteiger partial charge on any atom is 0.325 e. The molecule has 25 heavy (non-hydrogen) atoms. The van der Waals surface area contributed by atoms with Crippen LogP contribution >= 0.6 is 0 Å². The van der Waals surface area contributed by atoms with Crippen LogP contribution in [0.4, 0.5) is 4.79 Å². The average molecular weight is 341 g/mol. The highest BCUT2D eigenvalue weighted by Gasteiger charge is 2.52. The molecule has 0 spiro atoms. The molecule has 3 rings (SSSR count). The number of hydrogen-bond donors (Lipinski definition) is 1. The van der Waals surface area contributed by atoms with Gasteiger partial charge in [-0.2, -0.15) is 0 Å². The third-order valence-corrected chi connectivity index (χ3v) is 4.65. The van der Waals surface area contributed by atoms with Crippen LogP contribution in [0.3, 0.4) is 0 Å². The van der Waals surface area contributed by atoms with Gasteiger partial charge in [0.2, 0.25) is 0 Å². The van der Waals surface area contributed by atoms with E-state index in [2.05, 4.69) is 10.5 Å². The number of benzene rings is 1. The van der Waals surface area contributed by atoms with Gasteiger partial charge < -0.3 is 9.84 Å². The van der Waals surface area contributed by atoms with Crippen LogP contribution in [0.15, 0.2) is 34.9 Å². The zero-order valence-corrected chi connectivity index (χ0v) is 15.0. The molecule has 1 N–H and O–H groups in total. The molecule has 0 aliphatic carbocycles. The SMILES string of the molecule is Cc1noc(C)c1CN1C(=O)NC(CC(C)C)(c2ccccc2)C1=O. The quantitative estimate of drug-likeness (QED) is 0.847. The summed E-state index contributed by atoms with van der Waals surface area (Å²) in [6.45, 7) is 7.84. The average Bonchev–Trinajstić information content (AvgIpc) is 3.01. The number of aromatic nitrogens is 1. The van der Waals surface area contributed by atoms with Gasteiger partial charge in [0, 0.05) is 5.56 Å². The number of urea groups is 1. The zero-order chi connectivity index (χ0) is 18.2. The van der Waals surface area contributed by atoms with Crippen LogP contribution in [0.25, 0.3) is 0 Å². The van der Waals surface area contributed by atoms with Crippen molar-refractivity contribution in [3.8, 4) is 0 Å². The number of carbonyl (C=O) groups excluding carboxylic acids is 2. The van der Waals surface area contributed by atoms with E-state index in [1.807, 2.05) is 51.1 Å². The van der Waals surface area contributed by atoms with Gasteiger partial charge in [0.05, 0.1) is 12.2 Å². The molecular formula is C19H23N3O3. The molecule has 1 fully saturated rings. The van der Waals surface area contributed by atoms with E-state index < -0.39 is 5.54 Å². The molecule has 132 valence electrons. The summed E-state index contributed by atoms with van der Waals surface area (Å²) in [5.41, 5.74) is 1.25. The number of imide groups is 1. The first-order valence-corrected chi connectivity index (χ1v) is 8.46. The highest BCUT2D eigenvalue weighted by Crippen LogP contribution is 2.36. The Labute approximate surface area is 147 Å². The molecule has 1 aromatic heterocycles. The van der Waals surface area contributed by atoms with E-state index in [0.717, 1.165) is 11.1 Å². The monoisotopic (exact) mass is 341 g/mol. The zero-order valence-electron chi connectivity index (χ0n) is 15.0. The standard InChI is InChI=1S/C19H23N3O3/c1-12(2)10-19(15-8-6-5-7-9-15)17(23)22(18(24)20-19)11-16-13(3)21-25-14(16)4/h5-9,12H,10-11H2,1-4H3,(H,20,24). The summed E-state index contributed by atoms with van der Waals surface area (Å²) in [6, 6.07) is 9.06. The Morgan fingerprint density at radius 3 is 2.44 bits per heavy atom. The summed E-state index contributed by atoms with van der Waals surface area (Å²) < 4.78 is 5.16. The Kier molecular flexibility index (Phi) is 4.37. The topological polar surface area (TPSA) is 75.4 Å². The molecule has 1 aromatic carbocycles. The first kappa shape index (κ1) is 17.2. The largest absolute Gasteiger partial charge is 0.361 e. The van der Waals surface area contributed by atoms with E-state index >= 15 is 0 Å². The fourth-order valence-corrected chi connectivity index (χ4v) is 3.44. The number of hydrogen-bond acceptors (Lipinski definition) is 4. The maximum absolute atomic E-state index is 13.3. The molecule has 2 aromatic rings. The second-order valence-electron chi connectivity index (χ2n) is 6.99. The number of aryl methyl sites for hydroxylation is 2. The van der Waals surface area contributed by atoms with Crippen LogP contribution in [0.5, 0.6) is 0 Å². The number of rotatable bonds is 5. The molecule has 2 heterocycles. The van der Waals surface area contributed by atoms with Gasteiger partial charge in [-0.25, -0.2) is 4.79 Å². The molecule has 6 heteroatoms. The fraction of sp³-hybridized carbons (Fsp3) is 0.421. The predicted molar refractivity (Wildman–Crippen MR) is 92.6 cm³/mol. The lowest BCUT2D eigenvalue weighted by Crippen LogP contribution is -2.45.